The van der Waals surface area contributed by atoms with Crippen LogP contribution in [0.15, 0.2) is 48.5 Å². The van der Waals surface area contributed by atoms with Crippen molar-refractivity contribution in [1.29, 1.82) is 0 Å². The predicted octanol–water partition coefficient (Wildman–Crippen LogP) is 1.90. The smallest absolute Gasteiger partial charge is 0.227 e. The van der Waals surface area contributed by atoms with Crippen molar-refractivity contribution in [2.75, 3.05) is 26.2 Å². The highest BCUT2D eigenvalue weighted by Crippen LogP contribution is 2.20. The number of hydrogen-bond acceptors (Lipinski definition) is 3. The van der Waals surface area contributed by atoms with E-state index in [4.69, 9.17) is 5.73 Å². The molecule has 0 aromatic heterocycles. The second-order valence-corrected chi connectivity index (χ2v) is 7.36. The molecule has 7 heteroatoms. The monoisotopic (exact) mass is 401 g/mol. The number of rotatable bonds is 8. The van der Waals surface area contributed by atoms with E-state index in [-0.39, 0.29) is 17.5 Å². The zero-order valence-corrected chi connectivity index (χ0v) is 16.1. The Kier molecular flexibility index (Phi) is 6.93. The standard InChI is InChI=1S/C22H25F2N3O2/c23-17-5-1-3-15(11-17)7-9-27(10-8-16-4-2-6-18(24)12-16)22(29)20-14-26-13-19(20)21(25)28/h1-6,11-12,19-20,26H,7-10,13-14H2,(H2,25,28). The first-order valence-electron chi connectivity index (χ1n) is 9.72. The lowest BCUT2D eigenvalue weighted by molar-refractivity contribution is -0.139. The van der Waals surface area contributed by atoms with Gasteiger partial charge >= 0.3 is 0 Å². The van der Waals surface area contributed by atoms with Crippen LogP contribution in [0.5, 0.6) is 0 Å². The summed E-state index contributed by atoms with van der Waals surface area (Å²) in [5.74, 6) is -2.38. The Morgan fingerprint density at radius 2 is 1.45 bits per heavy atom. The first-order chi connectivity index (χ1) is 13.9. The van der Waals surface area contributed by atoms with E-state index >= 15 is 0 Å². The largest absolute Gasteiger partial charge is 0.369 e. The number of nitrogens with two attached hydrogens (primary N) is 1. The van der Waals surface area contributed by atoms with Gasteiger partial charge in [-0.1, -0.05) is 24.3 Å². The summed E-state index contributed by atoms with van der Waals surface area (Å²) < 4.78 is 26.9. The van der Waals surface area contributed by atoms with Crippen molar-refractivity contribution in [2.24, 2.45) is 17.6 Å². The van der Waals surface area contributed by atoms with E-state index in [1.54, 1.807) is 17.0 Å². The molecule has 2 unspecified atom stereocenters. The SMILES string of the molecule is NC(=O)C1CNCC1C(=O)N(CCc1cccc(F)c1)CCc1cccc(F)c1. The van der Waals surface area contributed by atoms with E-state index in [1.807, 2.05) is 12.1 Å². The number of nitrogens with one attached hydrogen (secondary N) is 1. The van der Waals surface area contributed by atoms with Crippen molar-refractivity contribution in [3.8, 4) is 0 Å². The summed E-state index contributed by atoms with van der Waals surface area (Å²) in [6.45, 7) is 1.52. The number of carbonyl (C=O) groups excluding carboxylic acids is 2. The van der Waals surface area contributed by atoms with Gasteiger partial charge in [0.15, 0.2) is 0 Å². The van der Waals surface area contributed by atoms with E-state index in [1.165, 1.54) is 24.3 Å². The number of nitrogens with zero attached hydrogens (tertiary/aromatic N) is 1. The first kappa shape index (κ1) is 20.9. The van der Waals surface area contributed by atoms with Crippen LogP contribution in [0.25, 0.3) is 0 Å². The molecule has 2 amide bonds. The zero-order chi connectivity index (χ0) is 20.8. The van der Waals surface area contributed by atoms with Crippen molar-refractivity contribution >= 4 is 11.8 Å². The minimum absolute atomic E-state index is 0.161. The third-order valence-corrected chi connectivity index (χ3v) is 5.33. The average molecular weight is 401 g/mol. The van der Waals surface area contributed by atoms with Gasteiger partial charge in [-0.2, -0.15) is 0 Å². The molecule has 0 saturated carbocycles. The van der Waals surface area contributed by atoms with Crippen LogP contribution >= 0.6 is 0 Å². The molecule has 2 aromatic carbocycles. The van der Waals surface area contributed by atoms with Crippen LogP contribution in [0.2, 0.25) is 0 Å². The van der Waals surface area contributed by atoms with E-state index in [0.29, 0.717) is 39.0 Å². The molecule has 1 aliphatic rings. The fraction of sp³-hybridized carbons (Fsp3) is 0.364. The van der Waals surface area contributed by atoms with Crippen LogP contribution in [0, 0.1) is 23.5 Å². The molecule has 1 fully saturated rings. The van der Waals surface area contributed by atoms with Crippen molar-refractivity contribution < 1.29 is 18.4 Å². The molecule has 3 N–H and O–H groups in total. The van der Waals surface area contributed by atoms with Crippen molar-refractivity contribution in [1.82, 2.24) is 10.2 Å². The number of amides is 2. The molecule has 5 nitrogen and oxygen atoms in total. The van der Waals surface area contributed by atoms with Gasteiger partial charge in [-0.3, -0.25) is 9.59 Å². The predicted molar refractivity (Wildman–Crippen MR) is 106 cm³/mol. The highest BCUT2D eigenvalue weighted by molar-refractivity contribution is 5.88. The Bertz CT molecular complexity index is 825. The zero-order valence-electron chi connectivity index (χ0n) is 16.1. The third kappa shape index (κ3) is 5.60. The normalized spacial score (nSPS) is 18.6. The molecular formula is C22H25F2N3O2. The van der Waals surface area contributed by atoms with Crippen molar-refractivity contribution in [3.63, 3.8) is 0 Å². The van der Waals surface area contributed by atoms with Gasteiger partial charge in [-0.15, -0.1) is 0 Å². The van der Waals surface area contributed by atoms with Crippen LogP contribution in [-0.4, -0.2) is 42.9 Å². The molecule has 3 rings (SSSR count). The Balaban J connectivity index is 1.72. The van der Waals surface area contributed by atoms with Gasteiger partial charge in [0.05, 0.1) is 11.8 Å². The van der Waals surface area contributed by atoms with Gasteiger partial charge in [-0.25, -0.2) is 8.78 Å². The second kappa shape index (κ2) is 9.60. The van der Waals surface area contributed by atoms with Crippen LogP contribution in [0.3, 0.4) is 0 Å². The minimum atomic E-state index is -0.548. The number of benzene rings is 2. The first-order valence-corrected chi connectivity index (χ1v) is 9.72. The third-order valence-electron chi connectivity index (χ3n) is 5.33. The number of carbonyl (C=O) groups is 2. The van der Waals surface area contributed by atoms with E-state index in [0.717, 1.165) is 11.1 Å². The molecule has 0 radical (unpaired) electrons. The van der Waals surface area contributed by atoms with Crippen LogP contribution in [0.1, 0.15) is 11.1 Å². The lowest BCUT2D eigenvalue weighted by atomic mass is 9.93. The average Bonchev–Trinajstić information content (AvgIpc) is 3.18. The Morgan fingerprint density at radius 1 is 0.931 bits per heavy atom. The van der Waals surface area contributed by atoms with E-state index in [2.05, 4.69) is 5.32 Å². The topological polar surface area (TPSA) is 75.4 Å². The maximum atomic E-state index is 13.5. The highest BCUT2D eigenvalue weighted by Gasteiger charge is 2.38. The highest BCUT2D eigenvalue weighted by atomic mass is 19.1. The van der Waals surface area contributed by atoms with Crippen LogP contribution in [0.4, 0.5) is 8.78 Å². The number of primary amides is 1. The number of hydrogen-bond donors (Lipinski definition) is 2. The molecule has 29 heavy (non-hydrogen) atoms. The molecule has 2 atom stereocenters. The lowest BCUT2D eigenvalue weighted by Crippen LogP contribution is -2.44. The van der Waals surface area contributed by atoms with Gasteiger partial charge < -0.3 is 16.0 Å². The van der Waals surface area contributed by atoms with Crippen molar-refractivity contribution in [3.05, 3.63) is 71.3 Å². The van der Waals surface area contributed by atoms with Crippen LogP contribution in [-0.2, 0) is 22.4 Å². The van der Waals surface area contributed by atoms with E-state index < -0.39 is 17.7 Å². The summed E-state index contributed by atoms with van der Waals surface area (Å²) in [7, 11) is 0. The summed E-state index contributed by atoms with van der Waals surface area (Å²) >= 11 is 0. The van der Waals surface area contributed by atoms with Gasteiger partial charge in [0.25, 0.3) is 0 Å². The number of halogens is 2. The fourth-order valence-electron chi connectivity index (χ4n) is 3.72. The Labute approximate surface area is 168 Å². The summed E-state index contributed by atoms with van der Waals surface area (Å²) in [5, 5.41) is 3.05. The quantitative estimate of drug-likeness (QED) is 0.710. The van der Waals surface area contributed by atoms with Gasteiger partial charge in [0.2, 0.25) is 11.8 Å². The lowest BCUT2D eigenvalue weighted by Gasteiger charge is -2.27. The summed E-state index contributed by atoms with van der Waals surface area (Å²) in [5.41, 5.74) is 7.02. The molecule has 0 aliphatic carbocycles. The minimum Gasteiger partial charge on any atom is -0.369 e. The van der Waals surface area contributed by atoms with Gasteiger partial charge in [0.1, 0.15) is 11.6 Å². The van der Waals surface area contributed by atoms with Gasteiger partial charge in [-0.05, 0) is 48.2 Å². The molecule has 1 heterocycles. The maximum absolute atomic E-state index is 13.5. The molecule has 1 aliphatic heterocycles. The molecule has 2 aromatic rings. The van der Waals surface area contributed by atoms with Crippen LogP contribution < -0.4 is 11.1 Å². The Morgan fingerprint density at radius 3 is 1.93 bits per heavy atom. The van der Waals surface area contributed by atoms with E-state index in [9.17, 15) is 18.4 Å². The van der Waals surface area contributed by atoms with Gasteiger partial charge in [0, 0.05) is 26.2 Å². The second-order valence-electron chi connectivity index (χ2n) is 7.36. The summed E-state index contributed by atoms with van der Waals surface area (Å²) in [6, 6.07) is 12.5. The van der Waals surface area contributed by atoms with Crippen molar-refractivity contribution in [2.45, 2.75) is 12.8 Å². The molecule has 0 bridgehead atoms. The molecule has 154 valence electrons. The molecular weight excluding hydrogens is 376 g/mol. The summed E-state index contributed by atoms with van der Waals surface area (Å²) in [6.07, 6.45) is 0.960. The Hall–Kier alpha value is -2.80. The molecule has 1 saturated heterocycles. The summed E-state index contributed by atoms with van der Waals surface area (Å²) in [4.78, 5) is 26.5. The molecule has 0 spiro atoms. The maximum Gasteiger partial charge on any atom is 0.227 e. The fourth-order valence-corrected chi connectivity index (χ4v) is 3.72.